The summed E-state index contributed by atoms with van der Waals surface area (Å²) in [6.07, 6.45) is 0.271. The van der Waals surface area contributed by atoms with Crippen LogP contribution in [0.3, 0.4) is 0 Å². The quantitative estimate of drug-likeness (QED) is 0.787. The number of carbonyl (C=O) groups excluding carboxylic acids is 1. The van der Waals surface area contributed by atoms with Gasteiger partial charge < -0.3 is 15.4 Å². The van der Waals surface area contributed by atoms with Gasteiger partial charge in [0.05, 0.1) is 6.10 Å². The SMILES string of the molecule is CCOC1CN(c2cc[c]c(C(N)=O)n2)C1. The number of anilines is 1. The van der Waals surface area contributed by atoms with Gasteiger partial charge in [-0.05, 0) is 19.1 Å². The van der Waals surface area contributed by atoms with Crippen LogP contribution in [-0.2, 0) is 4.74 Å². The van der Waals surface area contributed by atoms with Gasteiger partial charge in [0.15, 0.2) is 0 Å². The molecular weight excluding hydrogens is 206 g/mol. The van der Waals surface area contributed by atoms with Crippen LogP contribution in [0.25, 0.3) is 0 Å². The molecule has 0 unspecified atom stereocenters. The first-order valence-electron chi connectivity index (χ1n) is 5.25. The van der Waals surface area contributed by atoms with Gasteiger partial charge in [0.1, 0.15) is 11.5 Å². The van der Waals surface area contributed by atoms with Gasteiger partial charge in [-0.1, -0.05) is 0 Å². The second-order valence-corrected chi connectivity index (χ2v) is 3.64. The van der Waals surface area contributed by atoms with E-state index in [0.29, 0.717) is 0 Å². The van der Waals surface area contributed by atoms with Crippen LogP contribution in [0.5, 0.6) is 0 Å². The second kappa shape index (κ2) is 4.49. The Morgan fingerprint density at radius 2 is 2.50 bits per heavy atom. The molecule has 1 saturated heterocycles. The number of primary amides is 1. The molecule has 5 nitrogen and oxygen atoms in total. The predicted molar refractivity (Wildman–Crippen MR) is 59.2 cm³/mol. The van der Waals surface area contributed by atoms with Crippen LogP contribution in [0.15, 0.2) is 12.1 Å². The molecule has 2 N–H and O–H groups in total. The van der Waals surface area contributed by atoms with Gasteiger partial charge in [0, 0.05) is 25.8 Å². The minimum absolute atomic E-state index is 0.178. The first-order valence-corrected chi connectivity index (χ1v) is 5.25. The Morgan fingerprint density at radius 3 is 3.12 bits per heavy atom. The summed E-state index contributed by atoms with van der Waals surface area (Å²) in [5.74, 6) is 0.201. The van der Waals surface area contributed by atoms with Gasteiger partial charge in [-0.3, -0.25) is 4.79 Å². The number of pyridine rings is 1. The normalized spacial score (nSPS) is 15.9. The number of nitrogens with two attached hydrogens (primary N) is 1. The van der Waals surface area contributed by atoms with E-state index in [9.17, 15) is 4.79 Å². The average Bonchev–Trinajstić information content (AvgIpc) is 2.23. The van der Waals surface area contributed by atoms with Crippen molar-refractivity contribution < 1.29 is 9.53 Å². The number of amides is 1. The summed E-state index contributed by atoms with van der Waals surface area (Å²) in [5, 5.41) is 0. The topological polar surface area (TPSA) is 68.5 Å². The highest BCUT2D eigenvalue weighted by molar-refractivity contribution is 5.90. The predicted octanol–water partition coefficient (Wildman–Crippen LogP) is 0.206. The minimum atomic E-state index is -0.552. The van der Waals surface area contributed by atoms with Gasteiger partial charge in [0.2, 0.25) is 0 Å². The van der Waals surface area contributed by atoms with E-state index in [2.05, 4.69) is 11.1 Å². The summed E-state index contributed by atoms with van der Waals surface area (Å²) in [4.78, 5) is 17.1. The fraction of sp³-hybridized carbons (Fsp3) is 0.455. The van der Waals surface area contributed by atoms with Crippen molar-refractivity contribution in [2.75, 3.05) is 24.6 Å². The van der Waals surface area contributed by atoms with Crippen molar-refractivity contribution in [2.24, 2.45) is 5.73 Å². The zero-order valence-corrected chi connectivity index (χ0v) is 9.14. The number of hydrogen-bond donors (Lipinski definition) is 1. The summed E-state index contributed by atoms with van der Waals surface area (Å²) in [6.45, 7) is 4.32. The van der Waals surface area contributed by atoms with Crippen LogP contribution in [0.2, 0.25) is 0 Å². The molecule has 1 aliphatic heterocycles. The van der Waals surface area contributed by atoms with E-state index < -0.39 is 5.91 Å². The van der Waals surface area contributed by atoms with Crippen molar-refractivity contribution in [1.29, 1.82) is 0 Å². The second-order valence-electron chi connectivity index (χ2n) is 3.64. The van der Waals surface area contributed by atoms with Crippen molar-refractivity contribution in [3.05, 3.63) is 23.9 Å². The molecule has 2 heterocycles. The maximum absolute atomic E-state index is 10.9. The van der Waals surface area contributed by atoms with E-state index in [0.717, 1.165) is 25.5 Å². The Balaban J connectivity index is 2.01. The number of ether oxygens (including phenoxy) is 1. The molecule has 1 aromatic heterocycles. The van der Waals surface area contributed by atoms with Crippen LogP contribution in [0, 0.1) is 6.07 Å². The van der Waals surface area contributed by atoms with Crippen LogP contribution in [-0.4, -0.2) is 36.7 Å². The fourth-order valence-electron chi connectivity index (χ4n) is 1.65. The first-order chi connectivity index (χ1) is 7.70. The van der Waals surface area contributed by atoms with Crippen molar-refractivity contribution >= 4 is 11.7 Å². The fourth-order valence-corrected chi connectivity index (χ4v) is 1.65. The Hall–Kier alpha value is -1.62. The molecular formula is C11H14N3O2. The molecule has 85 valence electrons. The third kappa shape index (κ3) is 2.14. The van der Waals surface area contributed by atoms with Gasteiger partial charge >= 0.3 is 0 Å². The van der Waals surface area contributed by atoms with Crippen molar-refractivity contribution in [3.8, 4) is 0 Å². The van der Waals surface area contributed by atoms with E-state index in [1.165, 1.54) is 0 Å². The lowest BCUT2D eigenvalue weighted by Crippen LogP contribution is -2.52. The zero-order chi connectivity index (χ0) is 11.5. The minimum Gasteiger partial charge on any atom is -0.375 e. The number of carbonyl (C=O) groups is 1. The molecule has 1 radical (unpaired) electrons. The van der Waals surface area contributed by atoms with E-state index >= 15 is 0 Å². The smallest absolute Gasteiger partial charge is 0.268 e. The highest BCUT2D eigenvalue weighted by Gasteiger charge is 2.28. The molecule has 1 aromatic rings. The Kier molecular flexibility index (Phi) is 3.05. The molecule has 5 heteroatoms. The lowest BCUT2D eigenvalue weighted by atomic mass is 10.1. The molecule has 0 aromatic carbocycles. The standard InChI is InChI=1S/C11H14N3O2/c1-2-16-8-6-14(7-8)10-5-3-4-9(13-10)11(12)15/h3,5,8H,2,6-7H2,1H3,(H2,12,15). The molecule has 0 bridgehead atoms. The maximum atomic E-state index is 10.9. The molecule has 16 heavy (non-hydrogen) atoms. The highest BCUT2D eigenvalue weighted by Crippen LogP contribution is 2.20. The van der Waals surface area contributed by atoms with Gasteiger partial charge in [0.25, 0.3) is 5.91 Å². The molecule has 1 amide bonds. The average molecular weight is 220 g/mol. The molecule has 0 aliphatic carbocycles. The van der Waals surface area contributed by atoms with Crippen LogP contribution >= 0.6 is 0 Å². The van der Waals surface area contributed by atoms with E-state index in [-0.39, 0.29) is 11.8 Å². The largest absolute Gasteiger partial charge is 0.375 e. The Bertz CT molecular complexity index is 389. The van der Waals surface area contributed by atoms with Crippen LogP contribution < -0.4 is 10.6 Å². The maximum Gasteiger partial charge on any atom is 0.268 e. The molecule has 0 spiro atoms. The Labute approximate surface area is 94.2 Å². The van der Waals surface area contributed by atoms with E-state index in [1.807, 2.05) is 17.9 Å². The summed E-state index contributed by atoms with van der Waals surface area (Å²) in [7, 11) is 0. The van der Waals surface area contributed by atoms with Gasteiger partial charge in [-0.25, -0.2) is 4.98 Å². The van der Waals surface area contributed by atoms with Gasteiger partial charge in [-0.15, -0.1) is 0 Å². The number of aromatic nitrogens is 1. The molecule has 0 saturated carbocycles. The third-order valence-electron chi connectivity index (χ3n) is 2.49. The van der Waals surface area contributed by atoms with Crippen LogP contribution in [0.1, 0.15) is 17.4 Å². The summed E-state index contributed by atoms with van der Waals surface area (Å²) < 4.78 is 5.44. The first kappa shape index (κ1) is 10.9. The number of nitrogens with zero attached hydrogens (tertiary/aromatic N) is 2. The van der Waals surface area contributed by atoms with E-state index in [1.54, 1.807) is 6.07 Å². The monoisotopic (exact) mass is 220 g/mol. The van der Waals surface area contributed by atoms with Crippen molar-refractivity contribution in [2.45, 2.75) is 13.0 Å². The summed E-state index contributed by atoms with van der Waals surface area (Å²) in [6, 6.07) is 6.18. The summed E-state index contributed by atoms with van der Waals surface area (Å²) >= 11 is 0. The lowest BCUT2D eigenvalue weighted by Gasteiger charge is -2.39. The zero-order valence-electron chi connectivity index (χ0n) is 9.14. The van der Waals surface area contributed by atoms with Crippen molar-refractivity contribution in [3.63, 3.8) is 0 Å². The van der Waals surface area contributed by atoms with Crippen LogP contribution in [0.4, 0.5) is 5.82 Å². The van der Waals surface area contributed by atoms with Crippen molar-refractivity contribution in [1.82, 2.24) is 4.98 Å². The highest BCUT2D eigenvalue weighted by atomic mass is 16.5. The van der Waals surface area contributed by atoms with Gasteiger partial charge in [-0.2, -0.15) is 0 Å². The molecule has 1 fully saturated rings. The number of hydrogen-bond acceptors (Lipinski definition) is 4. The van der Waals surface area contributed by atoms with E-state index in [4.69, 9.17) is 10.5 Å². The molecule has 1 aliphatic rings. The third-order valence-corrected chi connectivity index (χ3v) is 2.49. The Morgan fingerprint density at radius 1 is 1.75 bits per heavy atom. The molecule has 2 rings (SSSR count). The number of rotatable bonds is 4. The molecule has 0 atom stereocenters. The summed E-state index contributed by atoms with van der Waals surface area (Å²) in [5.41, 5.74) is 5.32. The lowest BCUT2D eigenvalue weighted by molar-refractivity contribution is 0.0427.